The van der Waals surface area contributed by atoms with Crippen LogP contribution in [0.15, 0.2) is 22.9 Å². The van der Waals surface area contributed by atoms with Crippen molar-refractivity contribution in [3.8, 4) is 9.88 Å². The van der Waals surface area contributed by atoms with Gasteiger partial charge in [-0.05, 0) is 11.4 Å². The molecule has 19 heavy (non-hydrogen) atoms. The molecule has 0 aromatic carbocycles. The molecule has 2 heterocycles. The van der Waals surface area contributed by atoms with Crippen LogP contribution in [0.25, 0.3) is 9.88 Å². The van der Waals surface area contributed by atoms with Crippen LogP contribution >= 0.6 is 22.7 Å². The molecule has 2 rings (SSSR count). The van der Waals surface area contributed by atoms with E-state index < -0.39 is 0 Å². The molecular weight excluding hydrogens is 284 g/mol. The number of thiazole rings is 1. The summed E-state index contributed by atoms with van der Waals surface area (Å²) < 4.78 is 4.80. The number of hydrogen-bond donors (Lipinski definition) is 1. The van der Waals surface area contributed by atoms with Gasteiger partial charge in [0, 0.05) is 12.5 Å². The Morgan fingerprint density at radius 2 is 2.32 bits per heavy atom. The normalized spacial score (nSPS) is 10.6. The van der Waals surface area contributed by atoms with Crippen LogP contribution in [0.4, 0.5) is 0 Å². The Morgan fingerprint density at radius 1 is 1.42 bits per heavy atom. The molecule has 0 aliphatic carbocycles. The van der Waals surface area contributed by atoms with E-state index >= 15 is 0 Å². The van der Waals surface area contributed by atoms with Crippen LogP contribution in [0.3, 0.4) is 0 Å². The fraction of sp³-hybridized carbons (Fsp3) is 0.333. The number of carbonyl (C=O) groups is 1. The first kappa shape index (κ1) is 14.1. The van der Waals surface area contributed by atoms with E-state index in [0.29, 0.717) is 13.2 Å². The maximum absolute atomic E-state index is 11.6. The molecule has 0 aliphatic heterocycles. The SMILES string of the molecule is COCCONC(=O)Cc1csc(-c2cccs2)n1. The molecule has 0 unspecified atom stereocenters. The molecule has 2 aromatic heterocycles. The molecular formula is C12H14N2O3S2. The number of hydrogen-bond acceptors (Lipinski definition) is 6. The number of thiophene rings is 1. The van der Waals surface area contributed by atoms with E-state index in [-0.39, 0.29) is 12.3 Å². The summed E-state index contributed by atoms with van der Waals surface area (Å²) in [4.78, 5) is 22.0. The maximum Gasteiger partial charge on any atom is 0.249 e. The van der Waals surface area contributed by atoms with E-state index in [2.05, 4.69) is 10.5 Å². The van der Waals surface area contributed by atoms with Gasteiger partial charge in [0.1, 0.15) is 5.01 Å². The average Bonchev–Trinajstić information content (AvgIpc) is 3.04. The number of amides is 1. The number of hydroxylamine groups is 1. The van der Waals surface area contributed by atoms with Gasteiger partial charge in [0.05, 0.1) is 30.2 Å². The van der Waals surface area contributed by atoms with Crippen LogP contribution in [0, 0.1) is 0 Å². The molecule has 2 aromatic rings. The smallest absolute Gasteiger partial charge is 0.249 e. The van der Waals surface area contributed by atoms with Gasteiger partial charge in [0.2, 0.25) is 5.91 Å². The highest BCUT2D eigenvalue weighted by Gasteiger charge is 2.09. The molecule has 0 saturated carbocycles. The first-order valence-corrected chi connectivity index (χ1v) is 7.43. The van der Waals surface area contributed by atoms with Crippen LogP contribution in [0.1, 0.15) is 5.69 Å². The van der Waals surface area contributed by atoms with Crippen LogP contribution in [0.5, 0.6) is 0 Å². The minimum absolute atomic E-state index is 0.209. The number of aromatic nitrogens is 1. The van der Waals surface area contributed by atoms with Crippen molar-refractivity contribution >= 4 is 28.6 Å². The Labute approximate surface area is 119 Å². The zero-order valence-corrected chi connectivity index (χ0v) is 12.1. The predicted octanol–water partition coefficient (Wildman–Crippen LogP) is 2.11. The summed E-state index contributed by atoms with van der Waals surface area (Å²) in [5.41, 5.74) is 3.11. The number of nitrogens with zero attached hydrogens (tertiary/aromatic N) is 1. The summed E-state index contributed by atoms with van der Waals surface area (Å²) >= 11 is 3.18. The highest BCUT2D eigenvalue weighted by molar-refractivity contribution is 7.20. The Morgan fingerprint density at radius 3 is 3.05 bits per heavy atom. The predicted molar refractivity (Wildman–Crippen MR) is 75.1 cm³/mol. The fourth-order valence-electron chi connectivity index (χ4n) is 1.36. The second kappa shape index (κ2) is 7.34. The van der Waals surface area contributed by atoms with E-state index in [4.69, 9.17) is 9.57 Å². The van der Waals surface area contributed by atoms with Gasteiger partial charge in [-0.15, -0.1) is 22.7 Å². The van der Waals surface area contributed by atoms with Crippen molar-refractivity contribution in [1.82, 2.24) is 10.5 Å². The zero-order valence-electron chi connectivity index (χ0n) is 10.4. The second-order valence-corrected chi connectivity index (χ2v) is 5.47. The third-order valence-corrected chi connectivity index (χ3v) is 4.13. The Balaban J connectivity index is 1.81. The van der Waals surface area contributed by atoms with Gasteiger partial charge >= 0.3 is 0 Å². The lowest BCUT2D eigenvalue weighted by Crippen LogP contribution is -2.27. The number of methoxy groups -OCH3 is 1. The molecule has 0 radical (unpaired) electrons. The van der Waals surface area contributed by atoms with E-state index in [9.17, 15) is 4.79 Å². The van der Waals surface area contributed by atoms with Gasteiger partial charge in [-0.1, -0.05) is 6.07 Å². The largest absolute Gasteiger partial charge is 0.382 e. The van der Waals surface area contributed by atoms with E-state index in [1.807, 2.05) is 22.9 Å². The molecule has 0 bridgehead atoms. The lowest BCUT2D eigenvalue weighted by atomic mass is 10.3. The monoisotopic (exact) mass is 298 g/mol. The van der Waals surface area contributed by atoms with Crippen molar-refractivity contribution in [2.24, 2.45) is 0 Å². The van der Waals surface area contributed by atoms with Crippen LogP contribution < -0.4 is 5.48 Å². The minimum atomic E-state index is -0.209. The number of carbonyl (C=O) groups excluding carboxylic acids is 1. The van der Waals surface area contributed by atoms with Gasteiger partial charge in [0.15, 0.2) is 0 Å². The van der Waals surface area contributed by atoms with Crippen LogP contribution in [-0.2, 0) is 20.8 Å². The lowest BCUT2D eigenvalue weighted by molar-refractivity contribution is -0.133. The fourth-order valence-corrected chi connectivity index (χ4v) is 2.99. The van der Waals surface area contributed by atoms with Gasteiger partial charge in [0.25, 0.3) is 0 Å². The molecule has 5 nitrogen and oxygen atoms in total. The quantitative estimate of drug-likeness (QED) is 0.628. The van der Waals surface area contributed by atoms with Gasteiger partial charge in [-0.25, -0.2) is 10.5 Å². The average molecular weight is 298 g/mol. The molecule has 1 amide bonds. The molecule has 0 aliphatic rings. The molecule has 0 fully saturated rings. The van der Waals surface area contributed by atoms with Crippen molar-refractivity contribution in [2.45, 2.75) is 6.42 Å². The second-order valence-electron chi connectivity index (χ2n) is 3.66. The third-order valence-electron chi connectivity index (χ3n) is 2.20. The third kappa shape index (κ3) is 4.39. The van der Waals surface area contributed by atoms with E-state index in [1.54, 1.807) is 18.4 Å². The summed E-state index contributed by atoms with van der Waals surface area (Å²) in [6.45, 7) is 0.777. The van der Waals surface area contributed by atoms with Gasteiger partial charge in [-0.2, -0.15) is 0 Å². The summed E-state index contributed by atoms with van der Waals surface area (Å²) in [6.07, 6.45) is 0.217. The van der Waals surface area contributed by atoms with Crippen molar-refractivity contribution in [3.63, 3.8) is 0 Å². The van der Waals surface area contributed by atoms with Crippen molar-refractivity contribution in [3.05, 3.63) is 28.6 Å². The Kier molecular flexibility index (Phi) is 5.46. The maximum atomic E-state index is 11.6. The molecule has 1 N–H and O–H groups in total. The van der Waals surface area contributed by atoms with Crippen molar-refractivity contribution in [2.75, 3.05) is 20.3 Å². The van der Waals surface area contributed by atoms with E-state index in [1.165, 1.54) is 11.3 Å². The van der Waals surface area contributed by atoms with Crippen molar-refractivity contribution in [1.29, 1.82) is 0 Å². The highest BCUT2D eigenvalue weighted by atomic mass is 32.1. The molecule has 102 valence electrons. The van der Waals surface area contributed by atoms with Crippen LogP contribution in [0.2, 0.25) is 0 Å². The topological polar surface area (TPSA) is 60.5 Å². The molecule has 7 heteroatoms. The van der Waals surface area contributed by atoms with Gasteiger partial charge < -0.3 is 4.74 Å². The van der Waals surface area contributed by atoms with E-state index in [0.717, 1.165) is 15.6 Å². The van der Waals surface area contributed by atoms with Crippen LogP contribution in [-0.4, -0.2) is 31.2 Å². The summed E-state index contributed by atoms with van der Waals surface area (Å²) in [6, 6.07) is 4.00. The Hall–Kier alpha value is -1.28. The number of ether oxygens (including phenoxy) is 1. The molecule has 0 spiro atoms. The summed E-state index contributed by atoms with van der Waals surface area (Å²) in [7, 11) is 1.58. The molecule has 0 atom stereocenters. The summed E-state index contributed by atoms with van der Waals surface area (Å²) in [5.74, 6) is -0.209. The highest BCUT2D eigenvalue weighted by Crippen LogP contribution is 2.27. The first-order valence-electron chi connectivity index (χ1n) is 5.67. The van der Waals surface area contributed by atoms with Gasteiger partial charge in [-0.3, -0.25) is 9.63 Å². The number of rotatable bonds is 7. The van der Waals surface area contributed by atoms with Crippen molar-refractivity contribution < 1.29 is 14.4 Å². The minimum Gasteiger partial charge on any atom is -0.382 e. The standard InChI is InChI=1S/C12H14N2O3S2/c1-16-4-5-17-14-11(15)7-9-8-19-12(13-9)10-3-2-6-18-10/h2-3,6,8H,4-5,7H2,1H3,(H,14,15). The lowest BCUT2D eigenvalue weighted by Gasteiger charge is -2.03. The Bertz CT molecular complexity index is 511. The summed E-state index contributed by atoms with van der Waals surface area (Å²) in [5, 5.41) is 4.84. The number of nitrogens with one attached hydrogen (secondary N) is 1. The first-order chi connectivity index (χ1) is 9.29. The zero-order chi connectivity index (χ0) is 13.5. The molecule has 0 saturated heterocycles.